The number of halogens is 3. The summed E-state index contributed by atoms with van der Waals surface area (Å²) in [5, 5.41) is 0. The van der Waals surface area contributed by atoms with E-state index in [0.29, 0.717) is 34.0 Å². The van der Waals surface area contributed by atoms with E-state index in [9.17, 15) is 27.6 Å². The van der Waals surface area contributed by atoms with Crippen LogP contribution in [0.15, 0.2) is 61.7 Å². The number of aromatic nitrogens is 3. The Hall–Kier alpha value is -3.29. The summed E-state index contributed by atoms with van der Waals surface area (Å²) in [5.41, 5.74) is -1.67. The maximum Gasteiger partial charge on any atom is 0.550 e. The van der Waals surface area contributed by atoms with Crippen LogP contribution in [0, 0.1) is 6.92 Å². The summed E-state index contributed by atoms with van der Waals surface area (Å²) in [6, 6.07) is 10.5. The van der Waals surface area contributed by atoms with Gasteiger partial charge in [-0.1, -0.05) is 0 Å². The Kier molecular flexibility index (Phi) is 6.38. The SMILES string of the molecule is Cc1cc(-n2c(=O)[nH]c(=O)n(C)c2=O)ccc1Oc1ccc(SOOC(F)(F)F)cc1. The maximum absolute atomic E-state index is 12.3. The molecule has 0 amide bonds. The highest BCUT2D eigenvalue weighted by Gasteiger charge is 2.31. The van der Waals surface area contributed by atoms with Crippen LogP contribution in [0.1, 0.15) is 5.56 Å². The van der Waals surface area contributed by atoms with E-state index in [1.54, 1.807) is 6.92 Å². The molecule has 0 aliphatic carbocycles. The van der Waals surface area contributed by atoms with Crippen molar-refractivity contribution in [1.29, 1.82) is 0 Å². The summed E-state index contributed by atoms with van der Waals surface area (Å²) in [5.74, 6) is 0.796. The van der Waals surface area contributed by atoms with Crippen molar-refractivity contribution in [3.8, 4) is 17.2 Å². The van der Waals surface area contributed by atoms with E-state index in [-0.39, 0.29) is 5.69 Å². The Bertz CT molecular complexity index is 1260. The number of rotatable bonds is 6. The summed E-state index contributed by atoms with van der Waals surface area (Å²) < 4.78 is 47.0. The zero-order valence-electron chi connectivity index (χ0n) is 15.9. The lowest BCUT2D eigenvalue weighted by atomic mass is 10.2. The second-order valence-corrected chi connectivity index (χ2v) is 6.89. The lowest BCUT2D eigenvalue weighted by Crippen LogP contribution is -2.47. The molecule has 0 aliphatic heterocycles. The van der Waals surface area contributed by atoms with E-state index in [0.717, 1.165) is 9.13 Å². The number of hydrogen-bond acceptors (Lipinski definition) is 7. The summed E-state index contributed by atoms with van der Waals surface area (Å²) >= 11 is 0.383. The number of alkyl halides is 3. The normalized spacial score (nSPS) is 11.5. The van der Waals surface area contributed by atoms with Gasteiger partial charge < -0.3 is 4.74 Å². The molecular weight excluding hydrogens is 443 g/mol. The molecule has 13 heteroatoms. The summed E-state index contributed by atoms with van der Waals surface area (Å²) in [6.45, 7) is 1.69. The van der Waals surface area contributed by atoms with Gasteiger partial charge in [-0.3, -0.25) is 4.98 Å². The average Bonchev–Trinajstić information content (AvgIpc) is 2.68. The molecule has 9 nitrogen and oxygen atoms in total. The molecule has 0 fully saturated rings. The van der Waals surface area contributed by atoms with Gasteiger partial charge in [-0.2, -0.15) is 4.33 Å². The molecule has 31 heavy (non-hydrogen) atoms. The standard InChI is InChI=1S/C18H14F3N3O6S/c1-10-9-11(24-16(26)22-15(25)23(2)17(24)27)3-8-14(10)28-12-4-6-13(7-5-12)31-30-29-18(19,20)21/h3-9H,1-2H3,(H,22,25,26). The first-order chi connectivity index (χ1) is 14.5. The molecule has 0 saturated carbocycles. The largest absolute Gasteiger partial charge is 0.550 e. The Morgan fingerprint density at radius 1 is 1.00 bits per heavy atom. The van der Waals surface area contributed by atoms with Crippen molar-refractivity contribution in [2.45, 2.75) is 18.2 Å². The van der Waals surface area contributed by atoms with Crippen molar-refractivity contribution in [1.82, 2.24) is 14.1 Å². The van der Waals surface area contributed by atoms with Gasteiger partial charge in [-0.25, -0.2) is 23.5 Å². The third-order valence-corrected chi connectivity index (χ3v) is 4.53. The number of H-pyrrole nitrogens is 1. The number of benzene rings is 2. The second-order valence-electron chi connectivity index (χ2n) is 6.12. The molecule has 0 spiro atoms. The highest BCUT2D eigenvalue weighted by molar-refractivity contribution is 7.94. The summed E-state index contributed by atoms with van der Waals surface area (Å²) in [4.78, 5) is 41.4. The van der Waals surface area contributed by atoms with Crippen LogP contribution in [0.5, 0.6) is 11.5 Å². The van der Waals surface area contributed by atoms with Crippen LogP contribution in [0.2, 0.25) is 0 Å². The molecule has 0 aliphatic rings. The van der Waals surface area contributed by atoms with Crippen LogP contribution in [0.3, 0.4) is 0 Å². The van der Waals surface area contributed by atoms with E-state index in [1.165, 1.54) is 49.5 Å². The van der Waals surface area contributed by atoms with Gasteiger partial charge in [-0.05, 0) is 55.0 Å². The number of nitrogens with one attached hydrogen (secondary N) is 1. The first kappa shape index (κ1) is 22.4. The first-order valence-electron chi connectivity index (χ1n) is 8.45. The molecule has 3 rings (SSSR count). The lowest BCUT2D eigenvalue weighted by molar-refractivity contribution is -0.440. The van der Waals surface area contributed by atoms with E-state index in [2.05, 4.69) is 9.22 Å². The topological polar surface area (TPSA) is 105 Å². The van der Waals surface area contributed by atoms with Crippen LogP contribution >= 0.6 is 12.0 Å². The molecule has 2 aromatic carbocycles. The fourth-order valence-electron chi connectivity index (χ4n) is 2.45. The Morgan fingerprint density at radius 3 is 2.29 bits per heavy atom. The quantitative estimate of drug-likeness (QED) is 0.345. The van der Waals surface area contributed by atoms with Gasteiger partial charge in [0, 0.05) is 11.9 Å². The molecular formula is C18H14F3N3O6S. The van der Waals surface area contributed by atoms with E-state index >= 15 is 0 Å². The van der Waals surface area contributed by atoms with Crippen molar-refractivity contribution in [2.75, 3.05) is 0 Å². The predicted octanol–water partition coefficient (Wildman–Crippen LogP) is 2.80. The zero-order valence-corrected chi connectivity index (χ0v) is 16.7. The fraction of sp³-hybridized carbons (Fsp3) is 0.167. The highest BCUT2D eigenvalue weighted by atomic mass is 32.2. The monoisotopic (exact) mass is 457 g/mol. The van der Waals surface area contributed by atoms with Gasteiger partial charge in [0.2, 0.25) is 0 Å². The van der Waals surface area contributed by atoms with Crippen LogP contribution in [-0.2, 0) is 16.3 Å². The number of ether oxygens (including phenoxy) is 1. The van der Waals surface area contributed by atoms with Gasteiger partial charge >= 0.3 is 23.4 Å². The maximum atomic E-state index is 12.3. The molecule has 0 unspecified atom stereocenters. The van der Waals surface area contributed by atoms with Crippen molar-refractivity contribution >= 4 is 12.0 Å². The lowest BCUT2D eigenvalue weighted by Gasteiger charge is -2.12. The molecule has 0 saturated heterocycles. The number of hydrogen-bond donors (Lipinski definition) is 1. The molecule has 1 heterocycles. The summed E-state index contributed by atoms with van der Waals surface area (Å²) in [7, 11) is 1.24. The Morgan fingerprint density at radius 2 is 1.68 bits per heavy atom. The molecule has 164 valence electrons. The molecule has 1 aromatic heterocycles. The number of nitrogens with zero attached hydrogens (tertiary/aromatic N) is 2. The smallest absolute Gasteiger partial charge is 0.457 e. The third kappa shape index (κ3) is 5.45. The molecule has 0 atom stereocenters. The Balaban J connectivity index is 1.76. The van der Waals surface area contributed by atoms with Gasteiger partial charge in [-0.15, -0.1) is 18.1 Å². The summed E-state index contributed by atoms with van der Waals surface area (Å²) in [6.07, 6.45) is -4.90. The highest BCUT2D eigenvalue weighted by Crippen LogP contribution is 2.30. The van der Waals surface area contributed by atoms with E-state index in [4.69, 9.17) is 4.74 Å². The molecule has 0 bridgehead atoms. The van der Waals surface area contributed by atoms with Crippen LogP contribution < -0.4 is 21.8 Å². The third-order valence-electron chi connectivity index (χ3n) is 3.93. The number of aromatic amines is 1. The molecule has 1 N–H and O–H groups in total. The first-order valence-corrected chi connectivity index (χ1v) is 9.20. The zero-order chi connectivity index (χ0) is 22.8. The second kappa shape index (κ2) is 8.83. The minimum Gasteiger partial charge on any atom is -0.457 e. The molecule has 0 radical (unpaired) electrons. The minimum absolute atomic E-state index is 0.236. The van der Waals surface area contributed by atoms with Crippen LogP contribution in [-0.4, -0.2) is 20.5 Å². The van der Waals surface area contributed by atoms with Gasteiger partial charge in [0.25, 0.3) is 0 Å². The van der Waals surface area contributed by atoms with Gasteiger partial charge in [0.1, 0.15) is 11.5 Å². The van der Waals surface area contributed by atoms with Gasteiger partial charge in [0.05, 0.1) is 17.7 Å². The van der Waals surface area contributed by atoms with Crippen LogP contribution in [0.4, 0.5) is 13.2 Å². The van der Waals surface area contributed by atoms with E-state index < -0.39 is 23.4 Å². The number of aryl methyl sites for hydroxylation is 1. The van der Waals surface area contributed by atoms with Gasteiger partial charge in [0.15, 0.2) is 0 Å². The van der Waals surface area contributed by atoms with E-state index in [1.807, 2.05) is 4.98 Å². The predicted molar refractivity (Wildman–Crippen MR) is 103 cm³/mol. The Labute approximate surface area is 175 Å². The molecule has 3 aromatic rings. The van der Waals surface area contributed by atoms with Crippen molar-refractivity contribution in [3.05, 3.63) is 79.5 Å². The van der Waals surface area contributed by atoms with Crippen LogP contribution in [0.25, 0.3) is 5.69 Å². The fourth-order valence-corrected chi connectivity index (χ4v) is 2.89. The average molecular weight is 457 g/mol. The van der Waals surface area contributed by atoms with Crippen molar-refractivity contribution in [2.24, 2.45) is 7.05 Å². The van der Waals surface area contributed by atoms with Crippen molar-refractivity contribution < 1.29 is 27.1 Å². The minimum atomic E-state index is -4.90. The van der Waals surface area contributed by atoms with Crippen molar-refractivity contribution in [3.63, 3.8) is 0 Å².